The van der Waals surface area contributed by atoms with Gasteiger partial charge in [0.1, 0.15) is 11.5 Å². The second kappa shape index (κ2) is 8.96. The van der Waals surface area contributed by atoms with Gasteiger partial charge in [-0.05, 0) is 36.2 Å². The van der Waals surface area contributed by atoms with Gasteiger partial charge in [0.15, 0.2) is 11.7 Å². The highest BCUT2D eigenvalue weighted by atomic mass is 32.1. The van der Waals surface area contributed by atoms with E-state index in [9.17, 15) is 9.59 Å². The van der Waals surface area contributed by atoms with Gasteiger partial charge in [-0.1, -0.05) is 18.2 Å². The van der Waals surface area contributed by atoms with E-state index in [0.29, 0.717) is 36.0 Å². The summed E-state index contributed by atoms with van der Waals surface area (Å²) < 4.78 is 11.0. The van der Waals surface area contributed by atoms with Crippen molar-refractivity contribution in [1.82, 2.24) is 9.88 Å². The molecule has 0 radical (unpaired) electrons. The number of hydrogen-bond acceptors (Lipinski definition) is 6. The van der Waals surface area contributed by atoms with Crippen molar-refractivity contribution in [3.05, 3.63) is 70.7 Å². The number of amides is 2. The van der Waals surface area contributed by atoms with Crippen molar-refractivity contribution in [1.29, 1.82) is 0 Å². The Hall–Kier alpha value is -3.39. The number of methoxy groups -OCH3 is 1. The van der Waals surface area contributed by atoms with Crippen molar-refractivity contribution in [2.75, 3.05) is 25.6 Å². The summed E-state index contributed by atoms with van der Waals surface area (Å²) >= 11 is 1.34. The summed E-state index contributed by atoms with van der Waals surface area (Å²) in [7, 11) is 1.63. The molecule has 0 spiro atoms. The van der Waals surface area contributed by atoms with Crippen LogP contribution in [0.4, 0.5) is 5.13 Å². The lowest BCUT2D eigenvalue weighted by atomic mass is 9.97. The van der Waals surface area contributed by atoms with Crippen LogP contribution in [-0.2, 0) is 17.8 Å². The van der Waals surface area contributed by atoms with Gasteiger partial charge in [0.05, 0.1) is 7.11 Å². The Balaban J connectivity index is 1.43. The lowest BCUT2D eigenvalue weighted by Gasteiger charge is -2.29. The van der Waals surface area contributed by atoms with Gasteiger partial charge in [-0.15, -0.1) is 11.3 Å². The van der Waals surface area contributed by atoms with Gasteiger partial charge in [0.2, 0.25) is 0 Å². The summed E-state index contributed by atoms with van der Waals surface area (Å²) in [5.41, 5.74) is 2.46. The second-order valence-corrected chi connectivity index (χ2v) is 7.68. The normalized spacial score (nSPS) is 13.0. The zero-order valence-corrected chi connectivity index (χ0v) is 17.3. The van der Waals surface area contributed by atoms with E-state index in [0.717, 1.165) is 16.9 Å². The number of aromatic nitrogens is 1. The lowest BCUT2D eigenvalue weighted by Crippen LogP contribution is -2.37. The van der Waals surface area contributed by atoms with Crippen LogP contribution in [0.3, 0.4) is 0 Å². The Morgan fingerprint density at radius 2 is 2.13 bits per heavy atom. The highest BCUT2D eigenvalue weighted by Gasteiger charge is 2.27. The van der Waals surface area contributed by atoms with E-state index >= 15 is 0 Å². The number of anilines is 1. The van der Waals surface area contributed by atoms with Gasteiger partial charge in [-0.25, -0.2) is 4.98 Å². The van der Waals surface area contributed by atoms with Gasteiger partial charge in [0.25, 0.3) is 11.8 Å². The zero-order chi connectivity index (χ0) is 20.9. The molecule has 7 nitrogen and oxygen atoms in total. The maximum absolute atomic E-state index is 13.0. The average molecular weight is 423 g/mol. The summed E-state index contributed by atoms with van der Waals surface area (Å²) in [6.45, 7) is 0.948. The Labute approximate surface area is 178 Å². The minimum absolute atomic E-state index is 0.0447. The number of thiazole rings is 1. The van der Waals surface area contributed by atoms with E-state index in [1.165, 1.54) is 11.3 Å². The predicted octanol–water partition coefficient (Wildman–Crippen LogP) is 3.37. The number of ether oxygens (including phenoxy) is 2. The molecule has 1 aliphatic rings. The topological polar surface area (TPSA) is 80.8 Å². The SMILES string of the molecule is COc1cccc(CN2CCc3c(OCC(=O)Nc4nccs4)cccc3C2=O)c1. The maximum Gasteiger partial charge on any atom is 0.264 e. The quantitative estimate of drug-likeness (QED) is 0.630. The molecule has 1 N–H and O–H groups in total. The molecule has 0 bridgehead atoms. The molecule has 2 amide bonds. The van der Waals surface area contributed by atoms with Gasteiger partial charge >= 0.3 is 0 Å². The van der Waals surface area contributed by atoms with Crippen molar-refractivity contribution in [3.8, 4) is 11.5 Å². The Morgan fingerprint density at radius 3 is 2.93 bits per heavy atom. The number of carbonyl (C=O) groups is 2. The van der Waals surface area contributed by atoms with E-state index in [2.05, 4.69) is 10.3 Å². The molecule has 1 aliphatic heterocycles. The third kappa shape index (κ3) is 4.44. The maximum atomic E-state index is 13.0. The minimum Gasteiger partial charge on any atom is -0.497 e. The molecule has 4 rings (SSSR count). The van der Waals surface area contributed by atoms with Crippen LogP contribution in [0.2, 0.25) is 0 Å². The van der Waals surface area contributed by atoms with Crippen LogP contribution in [-0.4, -0.2) is 42.0 Å². The molecule has 0 atom stereocenters. The molecule has 0 aliphatic carbocycles. The molecular weight excluding hydrogens is 402 g/mol. The molecule has 8 heteroatoms. The van der Waals surface area contributed by atoms with Crippen LogP contribution in [0.25, 0.3) is 0 Å². The molecule has 2 aromatic carbocycles. The Morgan fingerprint density at radius 1 is 1.27 bits per heavy atom. The van der Waals surface area contributed by atoms with E-state index in [4.69, 9.17) is 9.47 Å². The first-order chi connectivity index (χ1) is 14.6. The first kappa shape index (κ1) is 19.9. The van der Waals surface area contributed by atoms with Gasteiger partial charge in [0, 0.05) is 35.8 Å². The van der Waals surface area contributed by atoms with Crippen LogP contribution in [0.1, 0.15) is 21.5 Å². The molecule has 0 saturated carbocycles. The lowest BCUT2D eigenvalue weighted by molar-refractivity contribution is -0.118. The summed E-state index contributed by atoms with van der Waals surface area (Å²) in [5, 5.41) is 5.00. The number of rotatable bonds is 7. The summed E-state index contributed by atoms with van der Waals surface area (Å²) in [6.07, 6.45) is 2.28. The highest BCUT2D eigenvalue weighted by Crippen LogP contribution is 2.29. The summed E-state index contributed by atoms with van der Waals surface area (Å²) in [4.78, 5) is 30.9. The summed E-state index contributed by atoms with van der Waals surface area (Å²) in [6, 6.07) is 13.1. The molecule has 30 heavy (non-hydrogen) atoms. The fourth-order valence-electron chi connectivity index (χ4n) is 3.40. The number of hydrogen-bond donors (Lipinski definition) is 1. The smallest absolute Gasteiger partial charge is 0.264 e. The Bertz CT molecular complexity index is 1050. The van der Waals surface area contributed by atoms with Gasteiger partial charge < -0.3 is 14.4 Å². The number of nitrogens with one attached hydrogen (secondary N) is 1. The van der Waals surface area contributed by atoms with Crippen LogP contribution in [0, 0.1) is 0 Å². The average Bonchev–Trinajstić information content (AvgIpc) is 3.27. The summed E-state index contributed by atoms with van der Waals surface area (Å²) in [5.74, 6) is 1.00. The van der Waals surface area contributed by atoms with Crippen LogP contribution < -0.4 is 14.8 Å². The van der Waals surface area contributed by atoms with Crippen molar-refractivity contribution in [2.45, 2.75) is 13.0 Å². The standard InChI is InChI=1S/C22H21N3O4S/c1-28-16-5-2-4-15(12-16)13-25-10-8-17-18(21(25)27)6-3-7-19(17)29-14-20(26)24-22-23-9-11-30-22/h2-7,9,11-12H,8,10,13-14H2,1H3,(H,23,24,26). The van der Waals surface area contributed by atoms with Crippen LogP contribution in [0.5, 0.6) is 11.5 Å². The van der Waals surface area contributed by atoms with Gasteiger partial charge in [-0.2, -0.15) is 0 Å². The van der Waals surface area contributed by atoms with E-state index < -0.39 is 0 Å². The number of benzene rings is 2. The number of fused-ring (bicyclic) bond motifs is 1. The van der Waals surface area contributed by atoms with Crippen molar-refractivity contribution in [3.63, 3.8) is 0 Å². The molecule has 0 unspecified atom stereocenters. The molecular formula is C22H21N3O4S. The molecule has 2 heterocycles. The van der Waals surface area contributed by atoms with E-state index in [1.807, 2.05) is 29.2 Å². The third-order valence-corrected chi connectivity index (χ3v) is 5.52. The molecule has 0 saturated heterocycles. The monoisotopic (exact) mass is 423 g/mol. The third-order valence-electron chi connectivity index (χ3n) is 4.83. The van der Waals surface area contributed by atoms with Crippen LogP contribution in [0.15, 0.2) is 54.0 Å². The van der Waals surface area contributed by atoms with Gasteiger partial charge in [-0.3, -0.25) is 14.9 Å². The first-order valence-electron chi connectivity index (χ1n) is 9.50. The second-order valence-electron chi connectivity index (χ2n) is 6.78. The largest absolute Gasteiger partial charge is 0.497 e. The van der Waals surface area contributed by atoms with Crippen molar-refractivity contribution >= 4 is 28.3 Å². The molecule has 154 valence electrons. The minimum atomic E-state index is -0.288. The van der Waals surface area contributed by atoms with Crippen molar-refractivity contribution < 1.29 is 19.1 Å². The highest BCUT2D eigenvalue weighted by molar-refractivity contribution is 7.13. The van der Waals surface area contributed by atoms with E-state index in [1.54, 1.807) is 36.9 Å². The first-order valence-corrected chi connectivity index (χ1v) is 10.4. The molecule has 1 aromatic heterocycles. The van der Waals surface area contributed by atoms with Crippen LogP contribution >= 0.6 is 11.3 Å². The molecule has 3 aromatic rings. The molecule has 0 fully saturated rings. The number of carbonyl (C=O) groups excluding carboxylic acids is 2. The predicted molar refractivity (Wildman–Crippen MR) is 114 cm³/mol. The Kier molecular flexibility index (Phi) is 5.94. The fourth-order valence-corrected chi connectivity index (χ4v) is 3.95. The van der Waals surface area contributed by atoms with E-state index in [-0.39, 0.29) is 18.4 Å². The zero-order valence-electron chi connectivity index (χ0n) is 16.5. The number of nitrogens with zero attached hydrogens (tertiary/aromatic N) is 2. The fraction of sp³-hybridized carbons (Fsp3) is 0.227. The van der Waals surface area contributed by atoms with Crippen molar-refractivity contribution in [2.24, 2.45) is 0 Å².